The maximum absolute atomic E-state index is 5.60. The van der Waals surface area contributed by atoms with E-state index in [9.17, 15) is 0 Å². The smallest absolute Gasteiger partial charge is 0.238 e. The van der Waals surface area contributed by atoms with Crippen molar-refractivity contribution in [2.75, 3.05) is 0 Å². The molecular weight excluding hydrogens is 841 g/mol. The van der Waals surface area contributed by atoms with E-state index in [1.807, 2.05) is 18.2 Å². The van der Waals surface area contributed by atoms with E-state index in [0.717, 1.165) is 84.6 Å². The van der Waals surface area contributed by atoms with Crippen LogP contribution in [-0.2, 0) is 0 Å². The van der Waals surface area contributed by atoms with Crippen LogP contribution in [0, 0.1) is 0 Å². The zero-order valence-corrected chi connectivity index (χ0v) is 37.5. The number of para-hydroxylation sites is 5. The van der Waals surface area contributed by atoms with Crippen LogP contribution in [0.2, 0.25) is 0 Å². The van der Waals surface area contributed by atoms with E-state index in [4.69, 9.17) is 15.0 Å². The van der Waals surface area contributed by atoms with Gasteiger partial charge in [-0.15, -0.1) is 0 Å². The summed E-state index contributed by atoms with van der Waals surface area (Å²) in [5.41, 5.74) is 15.6. The molecule has 0 bridgehead atoms. The Morgan fingerprint density at radius 2 is 0.826 bits per heavy atom. The van der Waals surface area contributed by atoms with E-state index < -0.39 is 0 Å². The highest BCUT2D eigenvalue weighted by atomic mass is 15.2. The first kappa shape index (κ1) is 39.1. The number of nitrogens with zero attached hydrogens (tertiary/aromatic N) is 6. The van der Waals surface area contributed by atoms with Gasteiger partial charge < -0.3 is 9.13 Å². The van der Waals surface area contributed by atoms with Crippen molar-refractivity contribution in [3.8, 4) is 45.5 Å². The van der Waals surface area contributed by atoms with Crippen molar-refractivity contribution in [3.63, 3.8) is 0 Å². The SMILES string of the molecule is C1=C(c2ccc(-c3ccccc3)cc2)CCC=C1n1c2ccccc2c2ccc3c4ccccc4n(-c4nc(-c5ccccc5)nc(-c5cccc6c7ccccc7n(-c7ccccc7)c56)n4)c3c21. The molecule has 0 aliphatic heterocycles. The Morgan fingerprint density at radius 1 is 0.333 bits per heavy atom. The fourth-order valence-corrected chi connectivity index (χ4v) is 10.9. The summed E-state index contributed by atoms with van der Waals surface area (Å²) in [6.07, 6.45) is 6.70. The second-order valence-corrected chi connectivity index (χ2v) is 17.9. The van der Waals surface area contributed by atoms with Crippen molar-refractivity contribution in [2.45, 2.75) is 12.8 Å². The lowest BCUT2D eigenvalue weighted by Gasteiger charge is -2.18. The molecule has 0 spiro atoms. The van der Waals surface area contributed by atoms with Gasteiger partial charge in [-0.1, -0.05) is 188 Å². The predicted octanol–water partition coefficient (Wildman–Crippen LogP) is 15.9. The molecule has 0 amide bonds. The summed E-state index contributed by atoms with van der Waals surface area (Å²) < 4.78 is 7.13. The van der Waals surface area contributed by atoms with Gasteiger partial charge in [0.1, 0.15) is 0 Å². The summed E-state index contributed by atoms with van der Waals surface area (Å²) in [5, 5.41) is 6.94. The van der Waals surface area contributed by atoms with Crippen LogP contribution in [0.3, 0.4) is 0 Å². The largest absolute Gasteiger partial charge is 0.309 e. The van der Waals surface area contributed by atoms with Crippen LogP contribution in [0.25, 0.3) is 122 Å². The average Bonchev–Trinajstić information content (AvgIpc) is 4.08. The molecule has 69 heavy (non-hydrogen) atoms. The van der Waals surface area contributed by atoms with Gasteiger partial charge in [-0.3, -0.25) is 4.57 Å². The number of benzene rings is 9. The molecule has 1 aliphatic carbocycles. The normalized spacial score (nSPS) is 13.0. The molecule has 13 aromatic rings. The lowest BCUT2D eigenvalue weighted by Crippen LogP contribution is -2.08. The third kappa shape index (κ3) is 6.23. The molecular formula is C63H42N6. The minimum atomic E-state index is 0.557. The molecule has 0 saturated heterocycles. The zero-order valence-electron chi connectivity index (χ0n) is 37.5. The molecule has 4 aromatic heterocycles. The van der Waals surface area contributed by atoms with Crippen LogP contribution in [0.4, 0.5) is 0 Å². The van der Waals surface area contributed by atoms with Crippen molar-refractivity contribution in [3.05, 3.63) is 236 Å². The Hall–Kier alpha value is -9.13. The first-order chi connectivity index (χ1) is 34.2. The van der Waals surface area contributed by atoms with Gasteiger partial charge in [-0.25, -0.2) is 4.98 Å². The topological polar surface area (TPSA) is 53.5 Å². The van der Waals surface area contributed by atoms with Crippen LogP contribution in [0.5, 0.6) is 0 Å². The fraction of sp³-hybridized carbons (Fsp3) is 0.0317. The van der Waals surface area contributed by atoms with E-state index in [0.29, 0.717) is 17.6 Å². The third-order valence-electron chi connectivity index (χ3n) is 14.0. The fourth-order valence-electron chi connectivity index (χ4n) is 10.9. The molecule has 0 fully saturated rings. The van der Waals surface area contributed by atoms with Gasteiger partial charge >= 0.3 is 0 Å². The Labute approximate surface area is 398 Å². The van der Waals surface area contributed by atoms with Gasteiger partial charge in [0, 0.05) is 54.8 Å². The van der Waals surface area contributed by atoms with Crippen LogP contribution >= 0.6 is 0 Å². The summed E-state index contributed by atoms with van der Waals surface area (Å²) >= 11 is 0. The van der Waals surface area contributed by atoms with Gasteiger partial charge in [-0.2, -0.15) is 9.97 Å². The molecule has 4 heterocycles. The first-order valence-corrected chi connectivity index (χ1v) is 23.7. The van der Waals surface area contributed by atoms with Crippen molar-refractivity contribution in [1.29, 1.82) is 0 Å². The predicted molar refractivity (Wildman–Crippen MR) is 286 cm³/mol. The monoisotopic (exact) mass is 882 g/mol. The number of fused-ring (bicyclic) bond motifs is 10. The molecule has 0 unspecified atom stereocenters. The van der Waals surface area contributed by atoms with Gasteiger partial charge in [0.05, 0.1) is 33.1 Å². The Kier molecular flexibility index (Phi) is 8.92. The summed E-state index contributed by atoms with van der Waals surface area (Å²) in [4.78, 5) is 16.4. The molecule has 324 valence electrons. The molecule has 0 N–H and O–H groups in total. The molecule has 14 rings (SSSR count). The lowest BCUT2D eigenvalue weighted by atomic mass is 9.94. The summed E-state index contributed by atoms with van der Waals surface area (Å²) in [6.45, 7) is 0. The number of allylic oxidation sites excluding steroid dienone is 4. The Balaban J connectivity index is 1.05. The maximum Gasteiger partial charge on any atom is 0.238 e. The van der Waals surface area contributed by atoms with Gasteiger partial charge in [0.25, 0.3) is 0 Å². The minimum Gasteiger partial charge on any atom is -0.309 e. The molecule has 6 heteroatoms. The second-order valence-electron chi connectivity index (χ2n) is 17.9. The summed E-state index contributed by atoms with van der Waals surface area (Å²) in [5.74, 6) is 1.76. The number of hydrogen-bond acceptors (Lipinski definition) is 3. The molecule has 9 aromatic carbocycles. The van der Waals surface area contributed by atoms with Crippen molar-refractivity contribution in [1.82, 2.24) is 28.7 Å². The number of aromatic nitrogens is 6. The molecule has 6 nitrogen and oxygen atoms in total. The number of rotatable bonds is 7. The Morgan fingerprint density at radius 3 is 1.49 bits per heavy atom. The highest BCUT2D eigenvalue weighted by Gasteiger charge is 2.26. The average molecular weight is 883 g/mol. The van der Waals surface area contributed by atoms with Gasteiger partial charge in [0.15, 0.2) is 11.6 Å². The number of hydrogen-bond donors (Lipinski definition) is 0. The van der Waals surface area contributed by atoms with E-state index in [-0.39, 0.29) is 0 Å². The standard InChI is InChI=1S/C63H42N6/c1-4-18-41(19-5-1)42-34-36-43(37-35-42)45-22-16-25-47(40-45)68-56-32-14-11-27-49(56)52-38-39-53-50-28-12-15-33-57(50)69(60(53)59(52)68)63-65-61(44-20-6-2-7-21-44)64-62(66-63)54-30-17-29-51-48-26-10-13-31-55(48)67(58(51)54)46-23-8-3-9-24-46/h1-15,17-21,23-40H,16,22H2. The third-order valence-corrected chi connectivity index (χ3v) is 14.0. The first-order valence-electron chi connectivity index (χ1n) is 23.7. The second kappa shape index (κ2) is 15.8. The van der Waals surface area contributed by atoms with Crippen molar-refractivity contribution < 1.29 is 0 Å². The van der Waals surface area contributed by atoms with E-state index >= 15 is 0 Å². The van der Waals surface area contributed by atoms with Crippen LogP contribution in [0.1, 0.15) is 18.4 Å². The highest BCUT2D eigenvalue weighted by Crippen LogP contribution is 2.44. The summed E-state index contributed by atoms with van der Waals surface area (Å²) in [6, 6.07) is 77.8. The molecule has 0 radical (unpaired) electrons. The lowest BCUT2D eigenvalue weighted by molar-refractivity contribution is 0.953. The van der Waals surface area contributed by atoms with Crippen molar-refractivity contribution in [2.24, 2.45) is 0 Å². The highest BCUT2D eigenvalue weighted by molar-refractivity contribution is 6.24. The van der Waals surface area contributed by atoms with E-state index in [1.54, 1.807) is 0 Å². The van der Waals surface area contributed by atoms with Gasteiger partial charge in [-0.05, 0) is 77.6 Å². The van der Waals surface area contributed by atoms with Crippen LogP contribution in [0.15, 0.2) is 231 Å². The molecule has 0 saturated carbocycles. The van der Waals surface area contributed by atoms with E-state index in [1.165, 1.54) is 38.4 Å². The molecule has 0 atom stereocenters. The van der Waals surface area contributed by atoms with Gasteiger partial charge in [0.2, 0.25) is 5.95 Å². The summed E-state index contributed by atoms with van der Waals surface area (Å²) in [7, 11) is 0. The van der Waals surface area contributed by atoms with Crippen LogP contribution < -0.4 is 0 Å². The maximum atomic E-state index is 5.60. The zero-order chi connectivity index (χ0) is 45.4. The van der Waals surface area contributed by atoms with E-state index in [2.05, 4.69) is 226 Å². The quantitative estimate of drug-likeness (QED) is 0.160. The van der Waals surface area contributed by atoms with Crippen molar-refractivity contribution >= 4 is 76.7 Å². The molecule has 1 aliphatic rings. The Bertz CT molecular complexity index is 4210. The minimum absolute atomic E-state index is 0.557. The van der Waals surface area contributed by atoms with Crippen LogP contribution in [-0.4, -0.2) is 28.7 Å².